The molecule has 4 nitrogen and oxygen atoms in total. The first-order valence-corrected chi connectivity index (χ1v) is 8.01. The molecule has 0 radical (unpaired) electrons. The molecule has 0 saturated heterocycles. The van der Waals surface area contributed by atoms with Crippen LogP contribution in [0.4, 0.5) is 0 Å². The van der Waals surface area contributed by atoms with E-state index < -0.39 is 11.4 Å². The van der Waals surface area contributed by atoms with Crippen molar-refractivity contribution in [3.05, 3.63) is 0 Å². The van der Waals surface area contributed by atoms with E-state index in [1.807, 2.05) is 0 Å². The maximum Gasteiger partial charge on any atom is 0.309 e. The van der Waals surface area contributed by atoms with Crippen LogP contribution in [0.5, 0.6) is 0 Å². The topological polar surface area (TPSA) is 55.8 Å². The number of unbranched alkanes of at least 4 members (excludes halogenated alkanes) is 2. The standard InChI is InChI=1S/C17H34O4/c1-16(2,14-20-5)10-6-8-12-21-13-9-7-11-17(3,4)15(18)19/h6-14H2,1-5H3,(H,18,19). The number of carbonyl (C=O) groups is 1. The van der Waals surface area contributed by atoms with Gasteiger partial charge in [0.2, 0.25) is 0 Å². The van der Waals surface area contributed by atoms with Crippen LogP contribution in [0.15, 0.2) is 0 Å². The van der Waals surface area contributed by atoms with Gasteiger partial charge in [-0.05, 0) is 44.9 Å². The molecule has 0 aliphatic rings. The minimum absolute atomic E-state index is 0.247. The van der Waals surface area contributed by atoms with Gasteiger partial charge in [-0.2, -0.15) is 0 Å². The first-order valence-electron chi connectivity index (χ1n) is 8.01. The van der Waals surface area contributed by atoms with Crippen molar-refractivity contribution in [2.75, 3.05) is 26.9 Å². The van der Waals surface area contributed by atoms with Crippen molar-refractivity contribution in [1.29, 1.82) is 0 Å². The van der Waals surface area contributed by atoms with Crippen molar-refractivity contribution in [2.45, 2.75) is 66.2 Å². The van der Waals surface area contributed by atoms with E-state index in [2.05, 4.69) is 13.8 Å². The highest BCUT2D eigenvalue weighted by Crippen LogP contribution is 2.24. The highest BCUT2D eigenvalue weighted by Gasteiger charge is 2.25. The lowest BCUT2D eigenvalue weighted by molar-refractivity contribution is -0.147. The van der Waals surface area contributed by atoms with Crippen LogP contribution >= 0.6 is 0 Å². The maximum atomic E-state index is 10.9. The molecule has 0 saturated carbocycles. The van der Waals surface area contributed by atoms with Crippen molar-refractivity contribution in [2.24, 2.45) is 10.8 Å². The first kappa shape index (κ1) is 20.4. The smallest absolute Gasteiger partial charge is 0.309 e. The largest absolute Gasteiger partial charge is 0.481 e. The lowest BCUT2D eigenvalue weighted by Crippen LogP contribution is -2.23. The Bertz CT molecular complexity index is 285. The zero-order valence-corrected chi connectivity index (χ0v) is 14.5. The Hall–Kier alpha value is -0.610. The van der Waals surface area contributed by atoms with Gasteiger partial charge in [-0.3, -0.25) is 4.79 Å². The third-order valence-corrected chi connectivity index (χ3v) is 3.85. The van der Waals surface area contributed by atoms with Gasteiger partial charge in [-0.25, -0.2) is 0 Å². The maximum absolute atomic E-state index is 10.9. The van der Waals surface area contributed by atoms with Crippen molar-refractivity contribution in [3.63, 3.8) is 0 Å². The first-order chi connectivity index (χ1) is 9.71. The Morgan fingerprint density at radius 1 is 0.952 bits per heavy atom. The van der Waals surface area contributed by atoms with Crippen molar-refractivity contribution >= 4 is 5.97 Å². The molecule has 0 bridgehead atoms. The quantitative estimate of drug-likeness (QED) is 0.520. The number of rotatable bonds is 13. The van der Waals surface area contributed by atoms with E-state index in [9.17, 15) is 4.79 Å². The summed E-state index contributed by atoms with van der Waals surface area (Å²) >= 11 is 0. The molecule has 0 aliphatic carbocycles. The fourth-order valence-electron chi connectivity index (χ4n) is 2.25. The molecule has 4 heteroatoms. The fourth-order valence-corrected chi connectivity index (χ4v) is 2.25. The Labute approximate surface area is 130 Å². The molecular weight excluding hydrogens is 268 g/mol. The second-order valence-corrected chi connectivity index (χ2v) is 7.31. The second-order valence-electron chi connectivity index (χ2n) is 7.31. The average molecular weight is 302 g/mol. The molecule has 126 valence electrons. The van der Waals surface area contributed by atoms with E-state index >= 15 is 0 Å². The van der Waals surface area contributed by atoms with E-state index in [-0.39, 0.29) is 5.41 Å². The molecule has 0 fully saturated rings. The van der Waals surface area contributed by atoms with Gasteiger partial charge in [0.25, 0.3) is 0 Å². The van der Waals surface area contributed by atoms with E-state index in [4.69, 9.17) is 14.6 Å². The van der Waals surface area contributed by atoms with E-state index in [1.165, 1.54) is 0 Å². The lowest BCUT2D eigenvalue weighted by atomic mass is 9.87. The second kappa shape index (κ2) is 10.2. The van der Waals surface area contributed by atoms with Gasteiger partial charge < -0.3 is 14.6 Å². The summed E-state index contributed by atoms with van der Waals surface area (Å²) in [6.07, 6.45) is 5.93. The number of methoxy groups -OCH3 is 1. The molecule has 1 N–H and O–H groups in total. The molecule has 0 spiro atoms. The Morgan fingerprint density at radius 2 is 1.48 bits per heavy atom. The Balaban J connectivity index is 3.44. The van der Waals surface area contributed by atoms with E-state index in [0.29, 0.717) is 6.42 Å². The molecule has 0 aromatic rings. The Kier molecular flexibility index (Phi) is 9.88. The molecule has 21 heavy (non-hydrogen) atoms. The molecule has 0 unspecified atom stereocenters. The normalized spacial score (nSPS) is 12.6. The van der Waals surface area contributed by atoms with Gasteiger partial charge in [0, 0.05) is 20.3 Å². The summed E-state index contributed by atoms with van der Waals surface area (Å²) < 4.78 is 10.8. The highest BCUT2D eigenvalue weighted by molar-refractivity contribution is 5.73. The summed E-state index contributed by atoms with van der Waals surface area (Å²) in [5.74, 6) is -0.720. The van der Waals surface area contributed by atoms with Gasteiger partial charge >= 0.3 is 5.97 Å². The fraction of sp³-hybridized carbons (Fsp3) is 0.941. The van der Waals surface area contributed by atoms with Crippen LogP contribution < -0.4 is 0 Å². The van der Waals surface area contributed by atoms with Crippen molar-refractivity contribution in [3.8, 4) is 0 Å². The van der Waals surface area contributed by atoms with E-state index in [1.54, 1.807) is 21.0 Å². The van der Waals surface area contributed by atoms with Gasteiger partial charge in [0.15, 0.2) is 0 Å². The lowest BCUT2D eigenvalue weighted by Gasteiger charge is -2.23. The van der Waals surface area contributed by atoms with E-state index in [0.717, 1.165) is 51.9 Å². The zero-order chi connectivity index (χ0) is 16.4. The van der Waals surface area contributed by atoms with Gasteiger partial charge in [-0.1, -0.05) is 26.7 Å². The minimum Gasteiger partial charge on any atom is -0.481 e. The van der Waals surface area contributed by atoms with Crippen molar-refractivity contribution in [1.82, 2.24) is 0 Å². The van der Waals surface area contributed by atoms with Crippen LogP contribution in [0.25, 0.3) is 0 Å². The van der Waals surface area contributed by atoms with Crippen molar-refractivity contribution < 1.29 is 19.4 Å². The summed E-state index contributed by atoms with van der Waals surface area (Å²) in [5.41, 5.74) is -0.371. The molecule has 0 aromatic carbocycles. The van der Waals surface area contributed by atoms with Crippen LogP contribution in [-0.2, 0) is 14.3 Å². The molecular formula is C17H34O4. The molecule has 0 aromatic heterocycles. The summed E-state index contributed by atoms with van der Waals surface area (Å²) in [4.78, 5) is 10.9. The van der Waals surface area contributed by atoms with Crippen LogP contribution in [0.3, 0.4) is 0 Å². The summed E-state index contributed by atoms with van der Waals surface area (Å²) in [6, 6.07) is 0. The number of hydrogen-bond acceptors (Lipinski definition) is 3. The molecule has 0 heterocycles. The van der Waals surface area contributed by atoms with Crippen LogP contribution in [0.2, 0.25) is 0 Å². The third-order valence-electron chi connectivity index (χ3n) is 3.85. The van der Waals surface area contributed by atoms with Crippen LogP contribution in [-0.4, -0.2) is 38.0 Å². The average Bonchev–Trinajstić information content (AvgIpc) is 2.36. The SMILES string of the molecule is COCC(C)(C)CCCCOCCCCC(C)(C)C(=O)O. The van der Waals surface area contributed by atoms with Gasteiger partial charge in [0.05, 0.1) is 12.0 Å². The molecule has 0 rings (SSSR count). The number of hydrogen-bond donors (Lipinski definition) is 1. The van der Waals surface area contributed by atoms with Crippen LogP contribution in [0.1, 0.15) is 66.2 Å². The predicted octanol–water partition coefficient (Wildman–Crippen LogP) is 4.13. The highest BCUT2D eigenvalue weighted by atomic mass is 16.5. The molecule has 0 amide bonds. The summed E-state index contributed by atoms with van der Waals surface area (Å²) in [5, 5.41) is 9.00. The summed E-state index contributed by atoms with van der Waals surface area (Å²) in [7, 11) is 1.75. The Morgan fingerprint density at radius 3 is 1.95 bits per heavy atom. The van der Waals surface area contributed by atoms with Gasteiger partial charge in [0.1, 0.15) is 0 Å². The molecule has 0 atom stereocenters. The molecule has 0 aliphatic heterocycles. The number of aliphatic carboxylic acids is 1. The third kappa shape index (κ3) is 10.7. The number of carboxylic acid groups (broad SMARTS) is 1. The number of ether oxygens (including phenoxy) is 2. The summed E-state index contributed by atoms with van der Waals surface area (Å²) in [6.45, 7) is 10.3. The zero-order valence-electron chi connectivity index (χ0n) is 14.5. The van der Waals surface area contributed by atoms with Crippen LogP contribution in [0, 0.1) is 10.8 Å². The minimum atomic E-state index is -0.720. The predicted molar refractivity (Wildman–Crippen MR) is 85.6 cm³/mol. The monoisotopic (exact) mass is 302 g/mol. The van der Waals surface area contributed by atoms with Gasteiger partial charge in [-0.15, -0.1) is 0 Å². The number of carboxylic acids is 1.